The molecule has 0 saturated carbocycles. The molecule has 0 saturated heterocycles. The second kappa shape index (κ2) is 10.6. The van der Waals surface area contributed by atoms with Crippen molar-refractivity contribution in [3.05, 3.63) is 64.7 Å². The Morgan fingerprint density at radius 3 is 2.82 bits per heavy atom. The van der Waals surface area contributed by atoms with Gasteiger partial charge < -0.3 is 15.6 Å². The number of methoxy groups -OCH3 is 1. The molecule has 3 rings (SSSR count). The Morgan fingerprint density at radius 1 is 1.14 bits per heavy atom. The van der Waals surface area contributed by atoms with Crippen molar-refractivity contribution in [1.82, 2.24) is 0 Å². The number of aliphatic hydroxyl groups is 1. The molecule has 3 heteroatoms. The molecule has 2 aromatic carbocycles. The second-order valence-corrected chi connectivity index (χ2v) is 8.18. The first-order valence-corrected chi connectivity index (χ1v) is 10.8. The van der Waals surface area contributed by atoms with E-state index in [0.29, 0.717) is 12.5 Å². The molecular weight excluding hydrogens is 346 g/mol. The Hall–Kier alpha value is -1.84. The summed E-state index contributed by atoms with van der Waals surface area (Å²) in [7, 11) is 1.73. The van der Waals surface area contributed by atoms with Gasteiger partial charge in [0, 0.05) is 6.61 Å². The fourth-order valence-electron chi connectivity index (χ4n) is 4.53. The molecule has 0 fully saturated rings. The molecular formula is C25H35NO2. The van der Waals surface area contributed by atoms with Crippen LogP contribution in [0.15, 0.2) is 42.5 Å². The molecule has 0 heterocycles. The van der Waals surface area contributed by atoms with Crippen LogP contribution in [0.4, 0.5) is 0 Å². The number of benzene rings is 2. The Bertz CT molecular complexity index is 743. The number of hydrogen-bond donors (Lipinski definition) is 2. The van der Waals surface area contributed by atoms with E-state index in [-0.39, 0.29) is 6.61 Å². The summed E-state index contributed by atoms with van der Waals surface area (Å²) in [4.78, 5) is 0. The van der Waals surface area contributed by atoms with Crippen molar-refractivity contribution in [2.24, 2.45) is 11.7 Å². The summed E-state index contributed by atoms with van der Waals surface area (Å²) in [5, 5.41) is 9.10. The number of aryl methyl sites for hydroxylation is 2. The van der Waals surface area contributed by atoms with E-state index in [4.69, 9.17) is 15.6 Å². The third-order valence-corrected chi connectivity index (χ3v) is 6.24. The first-order chi connectivity index (χ1) is 13.7. The Morgan fingerprint density at radius 2 is 2.04 bits per heavy atom. The van der Waals surface area contributed by atoms with Crippen LogP contribution < -0.4 is 10.5 Å². The molecule has 28 heavy (non-hydrogen) atoms. The normalized spacial score (nSPS) is 17.2. The van der Waals surface area contributed by atoms with Crippen molar-refractivity contribution in [3.63, 3.8) is 0 Å². The fourth-order valence-corrected chi connectivity index (χ4v) is 4.53. The molecule has 152 valence electrons. The molecule has 1 aliphatic rings. The van der Waals surface area contributed by atoms with Gasteiger partial charge in [-0.2, -0.15) is 0 Å². The molecule has 0 aromatic heterocycles. The zero-order valence-corrected chi connectivity index (χ0v) is 17.2. The first-order valence-electron chi connectivity index (χ1n) is 10.8. The summed E-state index contributed by atoms with van der Waals surface area (Å²) in [5.74, 6) is 2.12. The number of fused-ring (bicyclic) bond motifs is 1. The van der Waals surface area contributed by atoms with Gasteiger partial charge in [0.15, 0.2) is 0 Å². The minimum Gasteiger partial charge on any atom is -0.497 e. The average Bonchev–Trinajstić information content (AvgIpc) is 2.74. The van der Waals surface area contributed by atoms with Crippen LogP contribution in [0.1, 0.15) is 60.3 Å². The van der Waals surface area contributed by atoms with Gasteiger partial charge in [0.25, 0.3) is 0 Å². The Kier molecular flexibility index (Phi) is 7.93. The molecule has 0 radical (unpaired) electrons. The van der Waals surface area contributed by atoms with Gasteiger partial charge in [-0.15, -0.1) is 0 Å². The highest BCUT2D eigenvalue weighted by Crippen LogP contribution is 2.32. The minimum atomic E-state index is 0.249. The maximum Gasteiger partial charge on any atom is 0.119 e. The smallest absolute Gasteiger partial charge is 0.119 e. The summed E-state index contributed by atoms with van der Waals surface area (Å²) in [6, 6.07) is 15.4. The number of aliphatic hydroxyl groups excluding tert-OH is 1. The minimum absolute atomic E-state index is 0.249. The van der Waals surface area contributed by atoms with E-state index in [9.17, 15) is 0 Å². The van der Waals surface area contributed by atoms with Crippen molar-refractivity contribution >= 4 is 0 Å². The molecule has 3 nitrogen and oxygen atoms in total. The quantitative estimate of drug-likeness (QED) is 0.630. The lowest BCUT2D eigenvalue weighted by Gasteiger charge is -2.26. The van der Waals surface area contributed by atoms with E-state index in [1.807, 2.05) is 6.07 Å². The van der Waals surface area contributed by atoms with Gasteiger partial charge in [-0.05, 0) is 104 Å². The summed E-state index contributed by atoms with van der Waals surface area (Å²) in [5.41, 5.74) is 11.7. The summed E-state index contributed by atoms with van der Waals surface area (Å²) >= 11 is 0. The van der Waals surface area contributed by atoms with Crippen LogP contribution in [0.25, 0.3) is 0 Å². The molecule has 0 spiro atoms. The van der Waals surface area contributed by atoms with Crippen molar-refractivity contribution in [1.29, 1.82) is 0 Å². The molecule has 0 amide bonds. The summed E-state index contributed by atoms with van der Waals surface area (Å²) in [6.07, 6.45) is 9.14. The first kappa shape index (κ1) is 20.9. The second-order valence-electron chi connectivity index (χ2n) is 8.18. The molecule has 0 aliphatic heterocycles. The predicted octanol–water partition coefficient (Wildman–Crippen LogP) is 4.64. The highest BCUT2D eigenvalue weighted by Gasteiger charge is 2.20. The lowest BCUT2D eigenvalue weighted by atomic mass is 9.79. The van der Waals surface area contributed by atoms with Crippen LogP contribution >= 0.6 is 0 Å². The van der Waals surface area contributed by atoms with Gasteiger partial charge in [-0.1, -0.05) is 30.3 Å². The number of ether oxygens (including phenoxy) is 1. The van der Waals surface area contributed by atoms with Gasteiger partial charge >= 0.3 is 0 Å². The standard InChI is InChI=1S/C25H35NO2/c1-28-25-9-3-7-19(16-25)5-2-6-20-10-11-22-17-23(13-12-21(22)15-20)24(18-26)8-4-14-27/h3,7,9,12-13,16-17,20,24,27H,2,4-6,8,10-11,14-15,18,26H2,1H3/t20-,24+/m1/s1. The molecule has 0 bridgehead atoms. The highest BCUT2D eigenvalue weighted by molar-refractivity contribution is 5.36. The topological polar surface area (TPSA) is 55.5 Å². The van der Waals surface area contributed by atoms with Gasteiger partial charge in [0.1, 0.15) is 5.75 Å². The van der Waals surface area contributed by atoms with Gasteiger partial charge in [0.05, 0.1) is 7.11 Å². The maximum atomic E-state index is 9.10. The van der Waals surface area contributed by atoms with Gasteiger partial charge in [-0.25, -0.2) is 0 Å². The molecule has 1 aliphatic carbocycles. The molecule has 3 N–H and O–H groups in total. The zero-order chi connectivity index (χ0) is 19.8. The maximum absolute atomic E-state index is 9.10. The van der Waals surface area contributed by atoms with Crippen LogP contribution in [-0.4, -0.2) is 25.4 Å². The fraction of sp³-hybridized carbons (Fsp3) is 0.520. The molecule has 2 atom stereocenters. The number of hydrogen-bond acceptors (Lipinski definition) is 3. The Labute approximate surface area is 169 Å². The van der Waals surface area contributed by atoms with Crippen LogP contribution in [-0.2, 0) is 19.3 Å². The van der Waals surface area contributed by atoms with Crippen molar-refractivity contribution < 1.29 is 9.84 Å². The summed E-state index contributed by atoms with van der Waals surface area (Å²) in [6.45, 7) is 0.907. The lowest BCUT2D eigenvalue weighted by Crippen LogP contribution is -2.17. The molecule has 2 aromatic rings. The van der Waals surface area contributed by atoms with Gasteiger partial charge in [-0.3, -0.25) is 0 Å². The van der Waals surface area contributed by atoms with Crippen LogP contribution in [0.2, 0.25) is 0 Å². The van der Waals surface area contributed by atoms with Crippen LogP contribution in [0.3, 0.4) is 0 Å². The average molecular weight is 382 g/mol. The monoisotopic (exact) mass is 381 g/mol. The van der Waals surface area contributed by atoms with Gasteiger partial charge in [0.2, 0.25) is 0 Å². The largest absolute Gasteiger partial charge is 0.497 e. The number of nitrogens with two attached hydrogens (primary N) is 1. The summed E-state index contributed by atoms with van der Waals surface area (Å²) < 4.78 is 5.33. The van der Waals surface area contributed by atoms with E-state index in [1.165, 1.54) is 54.4 Å². The van der Waals surface area contributed by atoms with Crippen molar-refractivity contribution in [3.8, 4) is 5.75 Å². The molecule has 0 unspecified atom stereocenters. The van der Waals surface area contributed by atoms with Crippen molar-refractivity contribution in [2.45, 2.75) is 57.3 Å². The predicted molar refractivity (Wildman–Crippen MR) is 116 cm³/mol. The van der Waals surface area contributed by atoms with E-state index >= 15 is 0 Å². The van der Waals surface area contributed by atoms with E-state index < -0.39 is 0 Å². The number of rotatable bonds is 10. The third kappa shape index (κ3) is 5.59. The lowest BCUT2D eigenvalue weighted by molar-refractivity contribution is 0.280. The van der Waals surface area contributed by atoms with Crippen LogP contribution in [0, 0.1) is 5.92 Å². The Balaban J connectivity index is 1.52. The van der Waals surface area contributed by atoms with Crippen molar-refractivity contribution in [2.75, 3.05) is 20.3 Å². The third-order valence-electron chi connectivity index (χ3n) is 6.24. The van der Waals surface area contributed by atoms with Crippen LogP contribution in [0.5, 0.6) is 5.75 Å². The van der Waals surface area contributed by atoms with E-state index in [1.54, 1.807) is 7.11 Å². The zero-order valence-electron chi connectivity index (χ0n) is 17.2. The SMILES string of the molecule is COc1cccc(CCC[C@@H]2CCc3cc([C@H](CN)CCCO)ccc3C2)c1. The van der Waals surface area contributed by atoms with E-state index in [0.717, 1.165) is 30.9 Å². The highest BCUT2D eigenvalue weighted by atomic mass is 16.5. The van der Waals surface area contributed by atoms with E-state index in [2.05, 4.69) is 36.4 Å².